The Labute approximate surface area is 155 Å². The van der Waals surface area contributed by atoms with E-state index >= 15 is 0 Å². The Morgan fingerprint density at radius 1 is 1.04 bits per heavy atom. The van der Waals surface area contributed by atoms with Crippen molar-refractivity contribution >= 4 is 11.9 Å². The molecular formula is C20H30N4O2. The first-order valence-corrected chi connectivity index (χ1v) is 9.75. The van der Waals surface area contributed by atoms with Gasteiger partial charge >= 0.3 is 6.03 Å². The highest BCUT2D eigenvalue weighted by Gasteiger charge is 2.24. The molecule has 6 nitrogen and oxygen atoms in total. The molecule has 0 aromatic heterocycles. The summed E-state index contributed by atoms with van der Waals surface area (Å²) < 4.78 is 0. The summed E-state index contributed by atoms with van der Waals surface area (Å²) in [4.78, 5) is 25.7. The minimum Gasteiger partial charge on any atom is -0.352 e. The highest BCUT2D eigenvalue weighted by molar-refractivity contribution is 5.94. The lowest BCUT2D eigenvalue weighted by molar-refractivity contribution is 0.0905. The van der Waals surface area contributed by atoms with E-state index in [0.29, 0.717) is 12.1 Å². The van der Waals surface area contributed by atoms with Crippen LogP contribution in [-0.2, 0) is 6.54 Å². The van der Waals surface area contributed by atoms with Gasteiger partial charge in [0.25, 0.3) is 5.91 Å². The third-order valence-electron chi connectivity index (χ3n) is 5.60. The molecule has 1 aliphatic heterocycles. The Morgan fingerprint density at radius 2 is 1.69 bits per heavy atom. The predicted molar refractivity (Wildman–Crippen MR) is 102 cm³/mol. The topological polar surface area (TPSA) is 87.5 Å². The van der Waals surface area contributed by atoms with E-state index in [-0.39, 0.29) is 11.9 Å². The second-order valence-corrected chi connectivity index (χ2v) is 7.61. The van der Waals surface area contributed by atoms with Crippen molar-refractivity contribution < 1.29 is 9.59 Å². The lowest BCUT2D eigenvalue weighted by Crippen LogP contribution is -2.45. The summed E-state index contributed by atoms with van der Waals surface area (Å²) in [5.74, 6) is 0.873. The molecule has 3 amide bonds. The summed E-state index contributed by atoms with van der Waals surface area (Å²) in [6, 6.07) is 6.99. The fourth-order valence-corrected chi connectivity index (χ4v) is 4.05. The van der Waals surface area contributed by atoms with Crippen molar-refractivity contribution in [2.75, 3.05) is 19.6 Å². The number of hydrogen-bond donors (Lipinski definition) is 3. The van der Waals surface area contributed by atoms with Crippen molar-refractivity contribution in [2.24, 2.45) is 11.7 Å². The number of primary amides is 1. The molecule has 1 aromatic rings. The lowest BCUT2D eigenvalue weighted by atomic mass is 10.0. The number of carbonyl (C=O) groups is 2. The summed E-state index contributed by atoms with van der Waals surface area (Å²) in [5.41, 5.74) is 6.63. The molecule has 1 aliphatic carbocycles. The van der Waals surface area contributed by atoms with Gasteiger partial charge in [-0.3, -0.25) is 4.79 Å². The van der Waals surface area contributed by atoms with Crippen molar-refractivity contribution in [3.05, 3.63) is 35.4 Å². The maximum atomic E-state index is 12.4. The number of hydrogen-bond acceptors (Lipinski definition) is 3. The van der Waals surface area contributed by atoms with E-state index in [9.17, 15) is 9.59 Å². The molecule has 6 heteroatoms. The van der Waals surface area contributed by atoms with Crippen molar-refractivity contribution in [1.82, 2.24) is 15.5 Å². The summed E-state index contributed by atoms with van der Waals surface area (Å²) in [6.07, 6.45) is 7.63. The number of piperidine rings is 1. The average Bonchev–Trinajstić information content (AvgIpc) is 3.15. The average molecular weight is 358 g/mol. The molecule has 0 spiro atoms. The number of nitrogens with zero attached hydrogens (tertiary/aromatic N) is 1. The van der Waals surface area contributed by atoms with Gasteiger partial charge in [0, 0.05) is 37.8 Å². The van der Waals surface area contributed by atoms with E-state index in [1.54, 1.807) is 12.1 Å². The van der Waals surface area contributed by atoms with Crippen LogP contribution in [0.4, 0.5) is 4.79 Å². The number of rotatable bonds is 6. The molecule has 142 valence electrons. The minimum absolute atomic E-state index is 0.0198. The number of likely N-dealkylation sites (tertiary alicyclic amines) is 1. The van der Waals surface area contributed by atoms with Crippen LogP contribution < -0.4 is 16.4 Å². The molecule has 26 heavy (non-hydrogen) atoms. The Hall–Kier alpha value is -2.08. The van der Waals surface area contributed by atoms with Gasteiger partial charge in [-0.1, -0.05) is 25.0 Å². The molecule has 1 aromatic carbocycles. The standard InChI is InChI=1S/C20H30N4O2/c21-20(26)22-13-15-5-7-17(8-6-15)19(25)23-18-9-11-24(12-10-18)14-16-3-1-2-4-16/h5-8,16,18H,1-4,9-14H2,(H,23,25)(H3,21,22,26). The molecule has 1 saturated carbocycles. The summed E-state index contributed by atoms with van der Waals surface area (Å²) in [5, 5.41) is 5.70. The predicted octanol–water partition coefficient (Wildman–Crippen LogP) is 2.24. The van der Waals surface area contributed by atoms with E-state index in [0.717, 1.165) is 37.4 Å². The molecule has 0 unspecified atom stereocenters. The molecular weight excluding hydrogens is 328 g/mol. The van der Waals surface area contributed by atoms with Crippen LogP contribution in [0.2, 0.25) is 0 Å². The summed E-state index contributed by atoms with van der Waals surface area (Å²) >= 11 is 0. The van der Waals surface area contributed by atoms with E-state index in [1.165, 1.54) is 32.2 Å². The fourth-order valence-electron chi connectivity index (χ4n) is 4.05. The zero-order valence-corrected chi connectivity index (χ0v) is 15.4. The number of nitrogens with one attached hydrogen (secondary N) is 2. The molecule has 0 radical (unpaired) electrons. The van der Waals surface area contributed by atoms with Gasteiger partial charge < -0.3 is 21.3 Å². The smallest absolute Gasteiger partial charge is 0.312 e. The number of amides is 3. The fraction of sp³-hybridized carbons (Fsp3) is 0.600. The SMILES string of the molecule is NC(=O)NCc1ccc(C(=O)NC2CCN(CC3CCCC3)CC2)cc1. The Morgan fingerprint density at radius 3 is 2.31 bits per heavy atom. The van der Waals surface area contributed by atoms with E-state index in [1.807, 2.05) is 12.1 Å². The van der Waals surface area contributed by atoms with Crippen LogP contribution in [0.1, 0.15) is 54.4 Å². The third kappa shape index (κ3) is 5.46. The van der Waals surface area contributed by atoms with E-state index in [4.69, 9.17) is 5.73 Å². The molecule has 3 rings (SSSR count). The van der Waals surface area contributed by atoms with Crippen molar-refractivity contribution in [2.45, 2.75) is 51.1 Å². The molecule has 1 saturated heterocycles. The second kappa shape index (κ2) is 9.03. The number of urea groups is 1. The molecule has 4 N–H and O–H groups in total. The first-order chi connectivity index (χ1) is 12.6. The summed E-state index contributed by atoms with van der Waals surface area (Å²) in [6.45, 7) is 3.77. The highest BCUT2D eigenvalue weighted by atomic mass is 16.2. The van der Waals surface area contributed by atoms with Gasteiger partial charge in [0.2, 0.25) is 0 Å². The first kappa shape index (κ1) is 18.7. The van der Waals surface area contributed by atoms with Crippen LogP contribution in [0.25, 0.3) is 0 Å². The van der Waals surface area contributed by atoms with Gasteiger partial charge in [0.15, 0.2) is 0 Å². The monoisotopic (exact) mass is 358 g/mol. The lowest BCUT2D eigenvalue weighted by Gasteiger charge is -2.33. The van der Waals surface area contributed by atoms with Crippen LogP contribution >= 0.6 is 0 Å². The van der Waals surface area contributed by atoms with Crippen LogP contribution in [-0.4, -0.2) is 42.5 Å². The maximum Gasteiger partial charge on any atom is 0.312 e. The molecule has 0 bridgehead atoms. The van der Waals surface area contributed by atoms with E-state index < -0.39 is 6.03 Å². The van der Waals surface area contributed by atoms with Crippen molar-refractivity contribution in [3.8, 4) is 0 Å². The highest BCUT2D eigenvalue weighted by Crippen LogP contribution is 2.26. The molecule has 0 atom stereocenters. The van der Waals surface area contributed by atoms with Crippen LogP contribution in [0.3, 0.4) is 0 Å². The molecule has 2 aliphatic rings. The largest absolute Gasteiger partial charge is 0.352 e. The van der Waals surface area contributed by atoms with E-state index in [2.05, 4.69) is 15.5 Å². The normalized spacial score (nSPS) is 19.4. The van der Waals surface area contributed by atoms with Gasteiger partial charge in [-0.15, -0.1) is 0 Å². The van der Waals surface area contributed by atoms with Crippen LogP contribution in [0.5, 0.6) is 0 Å². The van der Waals surface area contributed by atoms with Crippen molar-refractivity contribution in [1.29, 1.82) is 0 Å². The molecule has 1 heterocycles. The van der Waals surface area contributed by atoms with Crippen LogP contribution in [0, 0.1) is 5.92 Å². The van der Waals surface area contributed by atoms with Crippen molar-refractivity contribution in [3.63, 3.8) is 0 Å². The Kier molecular flexibility index (Phi) is 6.50. The van der Waals surface area contributed by atoms with Gasteiger partial charge in [-0.05, 0) is 49.3 Å². The third-order valence-corrected chi connectivity index (χ3v) is 5.60. The second-order valence-electron chi connectivity index (χ2n) is 7.61. The van der Waals surface area contributed by atoms with Crippen LogP contribution in [0.15, 0.2) is 24.3 Å². The zero-order valence-electron chi connectivity index (χ0n) is 15.4. The Balaban J connectivity index is 1.41. The maximum absolute atomic E-state index is 12.4. The molecule has 2 fully saturated rings. The van der Waals surface area contributed by atoms with Gasteiger partial charge in [0.05, 0.1) is 0 Å². The Bertz CT molecular complexity index is 603. The quantitative estimate of drug-likeness (QED) is 0.729. The first-order valence-electron chi connectivity index (χ1n) is 9.75. The number of nitrogens with two attached hydrogens (primary N) is 1. The summed E-state index contributed by atoms with van der Waals surface area (Å²) in [7, 11) is 0. The minimum atomic E-state index is -0.550. The van der Waals surface area contributed by atoms with Gasteiger partial charge in [-0.25, -0.2) is 4.79 Å². The zero-order chi connectivity index (χ0) is 18.4. The number of carbonyl (C=O) groups excluding carboxylic acids is 2. The number of benzene rings is 1. The van der Waals surface area contributed by atoms with Gasteiger partial charge in [0.1, 0.15) is 0 Å². The van der Waals surface area contributed by atoms with Gasteiger partial charge in [-0.2, -0.15) is 0 Å².